The molecule has 1 nitrogen and oxygen atoms in total. The van der Waals surface area contributed by atoms with Gasteiger partial charge < -0.3 is 0 Å². The highest BCUT2D eigenvalue weighted by molar-refractivity contribution is 14.1. The van der Waals surface area contributed by atoms with Crippen LogP contribution in [0.3, 0.4) is 0 Å². The second kappa shape index (κ2) is 4.99. The number of hydrogen-bond acceptors (Lipinski definition) is 1. The largest absolute Gasteiger partial charge is 0.433 e. The quantitative estimate of drug-likeness (QED) is 0.427. The lowest BCUT2D eigenvalue weighted by atomic mass is 10.2. The Labute approximate surface area is 106 Å². The molecular formula is C8H4ClF5IN. The highest BCUT2D eigenvalue weighted by atomic mass is 127. The van der Waals surface area contributed by atoms with Gasteiger partial charge in [-0.05, 0) is 28.7 Å². The summed E-state index contributed by atoms with van der Waals surface area (Å²) in [6, 6.07) is 0.901. The molecule has 0 spiro atoms. The van der Waals surface area contributed by atoms with Crippen LogP contribution in [0.1, 0.15) is 23.4 Å². The van der Waals surface area contributed by atoms with Crippen LogP contribution in [0.2, 0.25) is 0 Å². The predicted molar refractivity (Wildman–Crippen MR) is 56.5 cm³/mol. The lowest BCUT2D eigenvalue weighted by Gasteiger charge is -2.13. The van der Waals surface area contributed by atoms with Gasteiger partial charge in [0.05, 0.1) is 5.88 Å². The van der Waals surface area contributed by atoms with E-state index in [1.165, 1.54) is 22.6 Å². The number of pyridine rings is 1. The van der Waals surface area contributed by atoms with Crippen LogP contribution in [-0.2, 0) is 12.1 Å². The molecule has 0 saturated heterocycles. The fourth-order valence-corrected chi connectivity index (χ4v) is 2.29. The molecule has 0 N–H and O–H groups in total. The zero-order valence-electron chi connectivity index (χ0n) is 7.45. The van der Waals surface area contributed by atoms with Crippen LogP contribution in [-0.4, -0.2) is 4.98 Å². The Morgan fingerprint density at radius 3 is 2.31 bits per heavy atom. The first-order chi connectivity index (χ1) is 7.27. The van der Waals surface area contributed by atoms with Crippen molar-refractivity contribution in [1.29, 1.82) is 0 Å². The van der Waals surface area contributed by atoms with Gasteiger partial charge in [0.15, 0.2) is 0 Å². The maximum Gasteiger partial charge on any atom is 0.433 e. The first-order valence-corrected chi connectivity index (χ1v) is 5.49. The molecule has 0 radical (unpaired) electrons. The van der Waals surface area contributed by atoms with E-state index in [0.717, 1.165) is 6.07 Å². The molecule has 0 aromatic carbocycles. The minimum absolute atomic E-state index is 0.0326. The molecule has 0 aliphatic rings. The second-order valence-corrected chi connectivity index (χ2v) is 4.22. The first-order valence-electron chi connectivity index (χ1n) is 3.88. The molecule has 0 bridgehead atoms. The van der Waals surface area contributed by atoms with Gasteiger partial charge in [0.1, 0.15) is 11.4 Å². The van der Waals surface area contributed by atoms with Crippen LogP contribution in [0.25, 0.3) is 0 Å². The van der Waals surface area contributed by atoms with Crippen molar-refractivity contribution in [2.75, 3.05) is 0 Å². The molecule has 1 aromatic rings. The summed E-state index contributed by atoms with van der Waals surface area (Å²) in [4.78, 5) is 2.91. The Kier molecular flexibility index (Phi) is 4.33. The topological polar surface area (TPSA) is 12.9 Å². The number of halogens is 7. The van der Waals surface area contributed by atoms with Crippen molar-refractivity contribution in [3.05, 3.63) is 26.6 Å². The molecule has 1 heterocycles. The summed E-state index contributed by atoms with van der Waals surface area (Å²) >= 11 is 6.87. The molecule has 0 amide bonds. The molecule has 0 saturated carbocycles. The third-order valence-electron chi connectivity index (χ3n) is 1.72. The van der Waals surface area contributed by atoms with E-state index >= 15 is 0 Å². The summed E-state index contributed by atoms with van der Waals surface area (Å²) < 4.78 is 62.1. The third kappa shape index (κ3) is 2.93. The van der Waals surface area contributed by atoms with Crippen LogP contribution < -0.4 is 0 Å². The van der Waals surface area contributed by atoms with Gasteiger partial charge in [0.2, 0.25) is 0 Å². The van der Waals surface area contributed by atoms with Gasteiger partial charge in [0, 0.05) is 9.13 Å². The van der Waals surface area contributed by atoms with Gasteiger partial charge in [-0.3, -0.25) is 0 Å². The fourth-order valence-electron chi connectivity index (χ4n) is 1.03. The Morgan fingerprint density at radius 2 is 1.94 bits per heavy atom. The lowest BCUT2D eigenvalue weighted by molar-refractivity contribution is -0.142. The molecule has 0 unspecified atom stereocenters. The van der Waals surface area contributed by atoms with Gasteiger partial charge in [-0.15, -0.1) is 11.6 Å². The summed E-state index contributed by atoms with van der Waals surface area (Å²) in [6.07, 6.45) is -7.83. The normalized spacial score (nSPS) is 12.2. The zero-order chi connectivity index (χ0) is 12.5. The Hall–Kier alpha value is -0.180. The third-order valence-corrected chi connectivity index (χ3v) is 2.95. The molecule has 1 rings (SSSR count). The maximum absolute atomic E-state index is 12.5. The second-order valence-electron chi connectivity index (χ2n) is 2.79. The van der Waals surface area contributed by atoms with E-state index in [9.17, 15) is 22.0 Å². The molecular weight excluding hydrogens is 367 g/mol. The standard InChI is InChI=1S/C8H4ClF5IN/c9-2-3-4(15)1-5(7(10)11)16-6(3)8(12,13)14/h1,7H,2H2. The van der Waals surface area contributed by atoms with Crippen LogP contribution >= 0.6 is 34.2 Å². The average Bonchev–Trinajstić information content (AvgIpc) is 2.14. The number of hydrogen-bond donors (Lipinski definition) is 0. The monoisotopic (exact) mass is 371 g/mol. The van der Waals surface area contributed by atoms with Crippen molar-refractivity contribution in [1.82, 2.24) is 4.98 Å². The van der Waals surface area contributed by atoms with Crippen molar-refractivity contribution < 1.29 is 22.0 Å². The summed E-state index contributed by atoms with van der Waals surface area (Å²) in [7, 11) is 0. The van der Waals surface area contributed by atoms with Crippen molar-refractivity contribution in [2.45, 2.75) is 18.5 Å². The SMILES string of the molecule is FC(F)c1cc(I)c(CCl)c(C(F)(F)F)n1. The van der Waals surface area contributed by atoms with Crippen molar-refractivity contribution in [2.24, 2.45) is 0 Å². The van der Waals surface area contributed by atoms with Gasteiger partial charge >= 0.3 is 6.18 Å². The Bertz CT molecular complexity index is 393. The lowest BCUT2D eigenvalue weighted by Crippen LogP contribution is -2.14. The highest BCUT2D eigenvalue weighted by Gasteiger charge is 2.37. The van der Waals surface area contributed by atoms with Crippen LogP contribution in [0.4, 0.5) is 22.0 Å². The molecule has 0 atom stereocenters. The van der Waals surface area contributed by atoms with Gasteiger partial charge in [0.25, 0.3) is 6.43 Å². The molecule has 16 heavy (non-hydrogen) atoms. The van der Waals surface area contributed by atoms with Gasteiger partial charge in [-0.2, -0.15) is 13.2 Å². The Balaban J connectivity index is 3.43. The van der Waals surface area contributed by atoms with Crippen LogP contribution in [0, 0.1) is 3.57 Å². The fraction of sp³-hybridized carbons (Fsp3) is 0.375. The van der Waals surface area contributed by atoms with Gasteiger partial charge in [-0.1, -0.05) is 0 Å². The van der Waals surface area contributed by atoms with Gasteiger partial charge in [-0.25, -0.2) is 13.8 Å². The molecule has 0 aliphatic carbocycles. The summed E-state index contributed by atoms with van der Waals surface area (Å²) in [5.74, 6) is -0.427. The molecule has 0 aliphatic heterocycles. The zero-order valence-corrected chi connectivity index (χ0v) is 10.4. The van der Waals surface area contributed by atoms with E-state index in [1.807, 2.05) is 0 Å². The summed E-state index contributed by atoms with van der Waals surface area (Å²) in [6.45, 7) is 0. The molecule has 90 valence electrons. The highest BCUT2D eigenvalue weighted by Crippen LogP contribution is 2.35. The van der Waals surface area contributed by atoms with Crippen molar-refractivity contribution in [3.63, 3.8) is 0 Å². The van der Waals surface area contributed by atoms with Crippen molar-refractivity contribution >= 4 is 34.2 Å². The van der Waals surface area contributed by atoms with E-state index < -0.39 is 29.9 Å². The first kappa shape index (κ1) is 13.9. The van der Waals surface area contributed by atoms with Crippen LogP contribution in [0.15, 0.2) is 6.07 Å². The molecule has 1 aromatic heterocycles. The van der Waals surface area contributed by atoms with E-state index in [2.05, 4.69) is 4.98 Å². The minimum Gasteiger partial charge on any atom is -0.242 e. The maximum atomic E-state index is 12.5. The van der Waals surface area contributed by atoms with E-state index in [1.54, 1.807) is 0 Å². The number of nitrogens with zero attached hydrogens (tertiary/aromatic N) is 1. The van der Waals surface area contributed by atoms with E-state index in [4.69, 9.17) is 11.6 Å². The number of aromatic nitrogens is 1. The molecule has 8 heteroatoms. The van der Waals surface area contributed by atoms with Crippen molar-refractivity contribution in [3.8, 4) is 0 Å². The predicted octanol–water partition coefficient (Wildman–Crippen LogP) is 4.38. The summed E-state index contributed by atoms with van der Waals surface area (Å²) in [5.41, 5.74) is -2.52. The smallest absolute Gasteiger partial charge is 0.242 e. The minimum atomic E-state index is -4.78. The van der Waals surface area contributed by atoms with Crippen LogP contribution in [0.5, 0.6) is 0 Å². The summed E-state index contributed by atoms with van der Waals surface area (Å²) in [5, 5.41) is 0. The Morgan fingerprint density at radius 1 is 1.38 bits per heavy atom. The average molecular weight is 371 g/mol. The number of rotatable bonds is 2. The molecule has 0 fully saturated rings. The number of alkyl halides is 6. The van der Waals surface area contributed by atoms with E-state index in [-0.39, 0.29) is 9.13 Å². The van der Waals surface area contributed by atoms with E-state index in [0.29, 0.717) is 0 Å².